The number of quaternary nitrogens is 1. The Morgan fingerprint density at radius 3 is 1.23 bits per heavy atom. The summed E-state index contributed by atoms with van der Waals surface area (Å²) in [6.45, 7) is 9.28. The van der Waals surface area contributed by atoms with Crippen LogP contribution in [0.3, 0.4) is 0 Å². The number of benzene rings is 2. The average Bonchev–Trinajstić information content (AvgIpc) is 2.88. The van der Waals surface area contributed by atoms with E-state index < -0.39 is 0 Å². The van der Waals surface area contributed by atoms with Crippen molar-refractivity contribution in [2.75, 3.05) is 13.1 Å². The van der Waals surface area contributed by atoms with Gasteiger partial charge in [0.1, 0.15) is 13.1 Å². The van der Waals surface area contributed by atoms with Crippen molar-refractivity contribution in [1.29, 1.82) is 0 Å². The van der Waals surface area contributed by atoms with E-state index in [1.807, 2.05) is 0 Å². The fourth-order valence-electron chi connectivity index (χ4n) is 5.01. The molecule has 0 radical (unpaired) electrons. The highest BCUT2D eigenvalue weighted by Gasteiger charge is 2.27. The second-order valence-corrected chi connectivity index (χ2v) is 10.3. The Morgan fingerprint density at radius 1 is 0.486 bits per heavy atom. The lowest BCUT2D eigenvalue weighted by molar-refractivity contribution is -0.954. The molecule has 2 aromatic rings. The Hall–Kier alpha value is -2.12. The number of rotatable bonds is 20. The smallest absolute Gasteiger partial charge is 0.105 e. The van der Waals surface area contributed by atoms with Crippen LogP contribution in [-0.4, -0.2) is 17.6 Å². The highest BCUT2D eigenvalue weighted by atomic mass is 15.3. The van der Waals surface area contributed by atoms with E-state index in [1.54, 1.807) is 0 Å². The molecule has 1 nitrogen and oxygen atoms in total. The van der Waals surface area contributed by atoms with Gasteiger partial charge in [-0.15, -0.1) is 0 Å². The lowest BCUT2D eigenvalue weighted by Crippen LogP contribution is -2.48. The fourth-order valence-corrected chi connectivity index (χ4v) is 5.01. The average molecular weight is 475 g/mol. The first-order chi connectivity index (χ1) is 17.3. The van der Waals surface area contributed by atoms with Crippen LogP contribution in [0, 0.1) is 0 Å². The van der Waals surface area contributed by atoms with Gasteiger partial charge in [-0.3, -0.25) is 0 Å². The molecule has 0 aliphatic carbocycles. The minimum Gasteiger partial charge on any atom is -0.316 e. The Labute approximate surface area is 217 Å². The maximum absolute atomic E-state index is 2.44. The van der Waals surface area contributed by atoms with Crippen molar-refractivity contribution in [3.05, 3.63) is 96.1 Å². The fraction of sp³-hybridized carbons (Fsp3) is 0.529. The first-order valence-corrected chi connectivity index (χ1v) is 14.5. The quantitative estimate of drug-likeness (QED) is 0.102. The van der Waals surface area contributed by atoms with Crippen molar-refractivity contribution in [2.24, 2.45) is 0 Å². The van der Waals surface area contributed by atoms with E-state index in [-0.39, 0.29) is 0 Å². The number of allylic oxidation sites excluding steroid dienone is 4. The minimum atomic E-state index is 1.12. The first kappa shape index (κ1) is 29.1. The molecule has 0 saturated heterocycles. The van der Waals surface area contributed by atoms with Crippen LogP contribution in [0.5, 0.6) is 0 Å². The summed E-state index contributed by atoms with van der Waals surface area (Å²) in [5.41, 5.74) is 2.93. The van der Waals surface area contributed by atoms with E-state index >= 15 is 0 Å². The number of nitrogens with zero attached hydrogens (tertiary/aromatic N) is 1. The number of unbranched alkanes of at least 4 members (excludes halogenated alkanes) is 8. The lowest BCUT2D eigenvalue weighted by Gasteiger charge is -2.39. The van der Waals surface area contributed by atoms with E-state index in [0.717, 1.165) is 17.6 Å². The molecule has 192 valence electrons. The predicted octanol–water partition coefficient (Wildman–Crippen LogP) is 10.0. The van der Waals surface area contributed by atoms with Gasteiger partial charge in [0.25, 0.3) is 0 Å². The van der Waals surface area contributed by atoms with Crippen molar-refractivity contribution in [1.82, 2.24) is 0 Å². The predicted molar refractivity (Wildman–Crippen MR) is 155 cm³/mol. The van der Waals surface area contributed by atoms with Gasteiger partial charge in [-0.25, -0.2) is 0 Å². The summed E-state index contributed by atoms with van der Waals surface area (Å²) in [5.74, 6) is 0. The second-order valence-electron chi connectivity index (χ2n) is 10.3. The molecule has 0 unspecified atom stereocenters. The number of hydrogen-bond donors (Lipinski definition) is 0. The summed E-state index contributed by atoms with van der Waals surface area (Å²) in [5, 5.41) is 0. The van der Waals surface area contributed by atoms with Crippen LogP contribution < -0.4 is 0 Å². The summed E-state index contributed by atoms with van der Waals surface area (Å²) in [4.78, 5) is 0. The van der Waals surface area contributed by atoms with Crippen molar-refractivity contribution in [3.8, 4) is 0 Å². The lowest BCUT2D eigenvalue weighted by atomic mass is 10.1. The van der Waals surface area contributed by atoms with E-state index in [2.05, 4.69) is 98.8 Å². The zero-order valence-corrected chi connectivity index (χ0v) is 22.8. The molecular weight excluding hydrogens is 422 g/mol. The van der Waals surface area contributed by atoms with Gasteiger partial charge < -0.3 is 4.48 Å². The van der Waals surface area contributed by atoms with Gasteiger partial charge in [-0.05, 0) is 38.5 Å². The van der Waals surface area contributed by atoms with Gasteiger partial charge in [-0.1, -0.05) is 124 Å². The molecule has 0 bridgehead atoms. The Bertz CT molecular complexity index is 720. The van der Waals surface area contributed by atoms with Gasteiger partial charge in [0.05, 0.1) is 13.1 Å². The Morgan fingerprint density at radius 2 is 0.857 bits per heavy atom. The van der Waals surface area contributed by atoms with Crippen molar-refractivity contribution in [3.63, 3.8) is 0 Å². The molecule has 0 aliphatic heterocycles. The molecule has 0 aromatic heterocycles. The maximum Gasteiger partial charge on any atom is 0.105 e. The highest BCUT2D eigenvalue weighted by molar-refractivity contribution is 5.15. The molecule has 2 aromatic carbocycles. The van der Waals surface area contributed by atoms with Crippen LogP contribution >= 0.6 is 0 Å². The summed E-state index contributed by atoms with van der Waals surface area (Å²) >= 11 is 0. The molecule has 0 aliphatic rings. The van der Waals surface area contributed by atoms with Crippen molar-refractivity contribution < 1.29 is 4.48 Å². The van der Waals surface area contributed by atoms with Crippen molar-refractivity contribution in [2.45, 2.75) is 104 Å². The van der Waals surface area contributed by atoms with Crippen molar-refractivity contribution >= 4 is 0 Å². The van der Waals surface area contributed by atoms with Gasteiger partial charge in [0.15, 0.2) is 0 Å². The standard InChI is InChI=1S/C34H52N/c1-3-5-7-9-11-13-15-23-29-35(31-33-25-19-17-20-26-33,32-34-27-21-18-22-28-34)30-24-16-14-12-10-8-6-4-2/h11-14,17-22,25-28H,3-10,15-16,23-24,29-32H2,1-2H3/q+1/b13-11+,14-12+. The van der Waals surface area contributed by atoms with E-state index in [4.69, 9.17) is 0 Å². The molecule has 0 fully saturated rings. The summed E-state index contributed by atoms with van der Waals surface area (Å²) in [6.07, 6.45) is 25.1. The molecule has 0 N–H and O–H groups in total. The van der Waals surface area contributed by atoms with Gasteiger partial charge in [0, 0.05) is 24.0 Å². The molecule has 1 heteroatoms. The van der Waals surface area contributed by atoms with Crippen LogP contribution in [0.4, 0.5) is 0 Å². The van der Waals surface area contributed by atoms with E-state index in [9.17, 15) is 0 Å². The zero-order valence-electron chi connectivity index (χ0n) is 22.8. The normalized spacial score (nSPS) is 12.2. The third-order valence-electron chi connectivity index (χ3n) is 7.01. The van der Waals surface area contributed by atoms with Crippen LogP contribution in [0.2, 0.25) is 0 Å². The summed E-state index contributed by atoms with van der Waals surface area (Å²) in [6, 6.07) is 22.4. The van der Waals surface area contributed by atoms with Crippen LogP contribution in [0.1, 0.15) is 102 Å². The van der Waals surface area contributed by atoms with Crippen LogP contribution in [-0.2, 0) is 13.1 Å². The Kier molecular flexibility index (Phi) is 15.9. The molecule has 0 atom stereocenters. The monoisotopic (exact) mass is 474 g/mol. The zero-order chi connectivity index (χ0) is 24.9. The molecule has 35 heavy (non-hydrogen) atoms. The molecule has 0 spiro atoms. The first-order valence-electron chi connectivity index (χ1n) is 14.5. The summed E-state index contributed by atoms with van der Waals surface area (Å²) in [7, 11) is 0. The molecule has 2 rings (SSSR count). The molecular formula is C34H52N+. The van der Waals surface area contributed by atoms with E-state index in [1.165, 1.54) is 101 Å². The topological polar surface area (TPSA) is 0 Å². The molecule has 0 saturated carbocycles. The summed E-state index contributed by atoms with van der Waals surface area (Å²) < 4.78 is 1.15. The Balaban J connectivity index is 2.05. The SMILES string of the molecule is CCCCC/C=C/CCC[N+](CCC/C=C/CCCCC)(Cc1ccccc1)Cc1ccccc1. The van der Waals surface area contributed by atoms with Crippen LogP contribution in [0.15, 0.2) is 85.0 Å². The van der Waals surface area contributed by atoms with Gasteiger partial charge in [0.2, 0.25) is 0 Å². The van der Waals surface area contributed by atoms with E-state index in [0.29, 0.717) is 0 Å². The van der Waals surface area contributed by atoms with Gasteiger partial charge in [-0.2, -0.15) is 0 Å². The second kappa shape index (κ2) is 19.1. The molecule has 0 amide bonds. The number of hydrogen-bond acceptors (Lipinski definition) is 0. The van der Waals surface area contributed by atoms with Gasteiger partial charge >= 0.3 is 0 Å². The third-order valence-corrected chi connectivity index (χ3v) is 7.01. The molecule has 0 heterocycles. The third kappa shape index (κ3) is 13.5. The van der Waals surface area contributed by atoms with Crippen LogP contribution in [0.25, 0.3) is 0 Å². The maximum atomic E-state index is 2.44. The highest BCUT2D eigenvalue weighted by Crippen LogP contribution is 2.23. The largest absolute Gasteiger partial charge is 0.316 e. The minimum absolute atomic E-state index is 1.12.